The molecule has 2 rings (SSSR count). The molecule has 0 saturated heterocycles. The van der Waals surface area contributed by atoms with Crippen LogP contribution in [0.1, 0.15) is 54.0 Å². The van der Waals surface area contributed by atoms with Crippen molar-refractivity contribution >= 4 is 11.9 Å². The number of esters is 1. The van der Waals surface area contributed by atoms with Gasteiger partial charge in [-0.2, -0.15) is 0 Å². The lowest BCUT2D eigenvalue weighted by atomic mass is 10.0. The average molecular weight is 374 g/mol. The van der Waals surface area contributed by atoms with Crippen molar-refractivity contribution in [1.82, 2.24) is 10.3 Å². The summed E-state index contributed by atoms with van der Waals surface area (Å²) < 4.78 is 18.7. The second-order valence-electron chi connectivity index (χ2n) is 6.16. The molecule has 0 fully saturated rings. The van der Waals surface area contributed by atoms with E-state index in [-0.39, 0.29) is 11.5 Å². The molecule has 2 aromatic rings. The molecule has 0 bridgehead atoms. The van der Waals surface area contributed by atoms with Crippen LogP contribution < -0.4 is 5.32 Å². The standard InChI is InChI=1S/C19H21FN2O3.C2H6/c1-11(2)9-22-18(23)13-5-6-17(21-10-13)15-7-14(19(24)25-4)8-16(20)12(15)3;1-2/h5-8,10-11H,9H2,1-4H3,(H,22,23);1-2H3. The maximum atomic E-state index is 14.1. The number of halogens is 1. The average Bonchev–Trinajstić information content (AvgIpc) is 2.69. The van der Waals surface area contributed by atoms with Crippen LogP contribution in [-0.4, -0.2) is 30.5 Å². The minimum absolute atomic E-state index is 0.112. The van der Waals surface area contributed by atoms with Gasteiger partial charge in [0.1, 0.15) is 5.82 Å². The summed E-state index contributed by atoms with van der Waals surface area (Å²) in [5.41, 5.74) is 1.86. The fraction of sp³-hybridized carbons (Fsp3) is 0.381. The number of methoxy groups -OCH3 is 1. The van der Waals surface area contributed by atoms with Gasteiger partial charge in [-0.05, 0) is 42.7 Å². The summed E-state index contributed by atoms with van der Waals surface area (Å²) in [6, 6.07) is 5.93. The van der Waals surface area contributed by atoms with Crippen molar-refractivity contribution < 1.29 is 18.7 Å². The number of carbonyl (C=O) groups excluding carboxylic acids is 2. The Labute approximate surface area is 160 Å². The van der Waals surface area contributed by atoms with E-state index in [1.54, 1.807) is 19.1 Å². The largest absolute Gasteiger partial charge is 0.465 e. The first kappa shape index (κ1) is 22.3. The second kappa shape index (κ2) is 10.4. The van der Waals surface area contributed by atoms with Crippen LogP contribution in [0.2, 0.25) is 0 Å². The quantitative estimate of drug-likeness (QED) is 0.788. The van der Waals surface area contributed by atoms with Crippen LogP contribution in [0.4, 0.5) is 4.39 Å². The highest BCUT2D eigenvalue weighted by molar-refractivity contribution is 5.94. The van der Waals surface area contributed by atoms with E-state index < -0.39 is 11.8 Å². The molecule has 1 N–H and O–H groups in total. The minimum Gasteiger partial charge on any atom is -0.465 e. The Bertz CT molecular complexity index is 787. The number of ether oxygens (including phenoxy) is 1. The van der Waals surface area contributed by atoms with Crippen LogP contribution in [0, 0.1) is 18.7 Å². The van der Waals surface area contributed by atoms with E-state index in [9.17, 15) is 14.0 Å². The van der Waals surface area contributed by atoms with E-state index >= 15 is 0 Å². The van der Waals surface area contributed by atoms with Crippen molar-refractivity contribution in [3.05, 3.63) is 53.0 Å². The van der Waals surface area contributed by atoms with Crippen molar-refractivity contribution in [3.63, 3.8) is 0 Å². The van der Waals surface area contributed by atoms with E-state index in [4.69, 9.17) is 0 Å². The molecule has 1 aromatic carbocycles. The highest BCUT2D eigenvalue weighted by atomic mass is 19.1. The number of aromatic nitrogens is 1. The molecule has 27 heavy (non-hydrogen) atoms. The maximum Gasteiger partial charge on any atom is 0.337 e. The number of benzene rings is 1. The molecule has 0 radical (unpaired) electrons. The number of carbonyl (C=O) groups is 2. The van der Waals surface area contributed by atoms with Crippen molar-refractivity contribution in [1.29, 1.82) is 0 Å². The van der Waals surface area contributed by atoms with E-state index in [1.807, 2.05) is 27.7 Å². The van der Waals surface area contributed by atoms with Gasteiger partial charge in [-0.25, -0.2) is 9.18 Å². The van der Waals surface area contributed by atoms with Crippen LogP contribution in [-0.2, 0) is 4.74 Å². The fourth-order valence-corrected chi connectivity index (χ4v) is 2.27. The third-order valence-corrected chi connectivity index (χ3v) is 3.74. The summed E-state index contributed by atoms with van der Waals surface area (Å²) in [5, 5.41) is 2.81. The topological polar surface area (TPSA) is 68.3 Å². The molecule has 0 saturated carbocycles. The Morgan fingerprint density at radius 3 is 2.37 bits per heavy atom. The van der Waals surface area contributed by atoms with Crippen LogP contribution in [0.15, 0.2) is 30.5 Å². The molecule has 0 spiro atoms. The van der Waals surface area contributed by atoms with Gasteiger partial charge in [0, 0.05) is 18.3 Å². The second-order valence-corrected chi connectivity index (χ2v) is 6.16. The van der Waals surface area contributed by atoms with Crippen LogP contribution in [0.25, 0.3) is 11.3 Å². The van der Waals surface area contributed by atoms with Gasteiger partial charge in [-0.3, -0.25) is 9.78 Å². The zero-order chi connectivity index (χ0) is 20.6. The Balaban J connectivity index is 0.00000176. The Morgan fingerprint density at radius 1 is 1.19 bits per heavy atom. The Kier molecular flexibility index (Phi) is 8.59. The molecule has 1 aromatic heterocycles. The molecule has 146 valence electrons. The number of hydrogen-bond acceptors (Lipinski definition) is 4. The number of nitrogens with zero attached hydrogens (tertiary/aromatic N) is 1. The molecule has 6 heteroatoms. The van der Waals surface area contributed by atoms with Crippen LogP contribution in [0.5, 0.6) is 0 Å². The van der Waals surface area contributed by atoms with Gasteiger partial charge in [-0.15, -0.1) is 0 Å². The molecular formula is C21H27FN2O3. The molecule has 0 aliphatic heterocycles. The highest BCUT2D eigenvalue weighted by Crippen LogP contribution is 2.26. The van der Waals surface area contributed by atoms with Crippen molar-refractivity contribution in [2.24, 2.45) is 5.92 Å². The molecule has 0 atom stereocenters. The Hall–Kier alpha value is -2.76. The van der Waals surface area contributed by atoms with Crippen LogP contribution >= 0.6 is 0 Å². The summed E-state index contributed by atoms with van der Waals surface area (Å²) >= 11 is 0. The van der Waals surface area contributed by atoms with Crippen molar-refractivity contribution in [2.45, 2.75) is 34.6 Å². The molecule has 0 aliphatic carbocycles. The first-order valence-electron chi connectivity index (χ1n) is 8.96. The van der Waals surface area contributed by atoms with E-state index in [0.717, 1.165) is 6.07 Å². The molecule has 1 amide bonds. The molecular weight excluding hydrogens is 347 g/mol. The summed E-state index contributed by atoms with van der Waals surface area (Å²) in [4.78, 5) is 27.9. The fourth-order valence-electron chi connectivity index (χ4n) is 2.27. The van der Waals surface area contributed by atoms with Gasteiger partial charge in [0.15, 0.2) is 0 Å². The monoisotopic (exact) mass is 374 g/mol. The maximum absolute atomic E-state index is 14.1. The molecule has 0 unspecified atom stereocenters. The summed E-state index contributed by atoms with van der Waals surface area (Å²) in [5.74, 6) is -0.995. The SMILES string of the molecule is CC.COC(=O)c1cc(F)c(C)c(-c2ccc(C(=O)NCC(C)C)cn2)c1. The smallest absolute Gasteiger partial charge is 0.337 e. The molecule has 1 heterocycles. The number of hydrogen-bond donors (Lipinski definition) is 1. The van der Waals surface area contributed by atoms with Crippen molar-refractivity contribution in [2.75, 3.05) is 13.7 Å². The lowest BCUT2D eigenvalue weighted by molar-refractivity contribution is 0.0600. The summed E-state index contributed by atoms with van der Waals surface area (Å²) in [6.07, 6.45) is 1.44. The van der Waals surface area contributed by atoms with Gasteiger partial charge in [0.2, 0.25) is 0 Å². The minimum atomic E-state index is -0.621. The predicted octanol–water partition coefficient (Wildman–Crippen LogP) is 4.39. The summed E-state index contributed by atoms with van der Waals surface area (Å²) in [7, 11) is 1.24. The van der Waals surface area contributed by atoms with Crippen LogP contribution in [0.3, 0.4) is 0 Å². The first-order chi connectivity index (χ1) is 12.8. The zero-order valence-electron chi connectivity index (χ0n) is 16.7. The predicted molar refractivity (Wildman–Crippen MR) is 104 cm³/mol. The van der Waals surface area contributed by atoms with Gasteiger partial charge in [0.25, 0.3) is 5.91 Å². The third kappa shape index (κ3) is 5.88. The van der Waals surface area contributed by atoms with Gasteiger partial charge >= 0.3 is 5.97 Å². The lowest BCUT2D eigenvalue weighted by Gasteiger charge is -2.10. The molecule has 0 aliphatic rings. The van der Waals surface area contributed by atoms with Gasteiger partial charge in [0.05, 0.1) is 23.9 Å². The first-order valence-corrected chi connectivity index (χ1v) is 8.96. The number of rotatable bonds is 5. The van der Waals surface area contributed by atoms with Crippen molar-refractivity contribution in [3.8, 4) is 11.3 Å². The normalized spacial score (nSPS) is 10.1. The highest BCUT2D eigenvalue weighted by Gasteiger charge is 2.15. The summed E-state index contributed by atoms with van der Waals surface area (Å²) in [6.45, 7) is 10.2. The zero-order valence-corrected chi connectivity index (χ0v) is 16.7. The number of pyridine rings is 1. The van der Waals surface area contributed by atoms with Gasteiger partial charge < -0.3 is 10.1 Å². The van der Waals surface area contributed by atoms with Gasteiger partial charge in [-0.1, -0.05) is 27.7 Å². The number of nitrogens with one attached hydrogen (secondary N) is 1. The third-order valence-electron chi connectivity index (χ3n) is 3.74. The van der Waals surface area contributed by atoms with E-state index in [0.29, 0.717) is 34.8 Å². The van der Waals surface area contributed by atoms with E-state index in [2.05, 4.69) is 15.0 Å². The van der Waals surface area contributed by atoms with E-state index in [1.165, 1.54) is 19.4 Å². The lowest BCUT2D eigenvalue weighted by Crippen LogP contribution is -2.27. The number of amides is 1. The molecule has 5 nitrogen and oxygen atoms in total. The Morgan fingerprint density at radius 2 is 1.85 bits per heavy atom.